The van der Waals surface area contributed by atoms with Gasteiger partial charge in [-0.05, 0) is 49.4 Å². The predicted octanol–water partition coefficient (Wildman–Crippen LogP) is 2.79. The lowest BCUT2D eigenvalue weighted by Gasteiger charge is -2.22. The van der Waals surface area contributed by atoms with Crippen LogP contribution in [0.1, 0.15) is 26.3 Å². The number of rotatable bonds is 4. The van der Waals surface area contributed by atoms with E-state index in [9.17, 15) is 13.6 Å². The Morgan fingerprint density at radius 1 is 1.43 bits per heavy atom. The van der Waals surface area contributed by atoms with Crippen LogP contribution in [-0.4, -0.2) is 24.7 Å². The SMILES string of the molecule is COc1c(F)cc(I)c(F)c1C[C@@H](N)C(=O)OC(C)(C)C. The number of halogens is 3. The van der Waals surface area contributed by atoms with E-state index in [0.29, 0.717) is 0 Å². The van der Waals surface area contributed by atoms with Crippen LogP contribution < -0.4 is 10.5 Å². The van der Waals surface area contributed by atoms with Crippen LogP contribution in [0.5, 0.6) is 5.75 Å². The van der Waals surface area contributed by atoms with E-state index in [2.05, 4.69) is 0 Å². The number of methoxy groups -OCH3 is 1. The molecule has 1 atom stereocenters. The van der Waals surface area contributed by atoms with Gasteiger partial charge in [-0.1, -0.05) is 0 Å². The molecule has 7 heteroatoms. The fourth-order valence-corrected chi connectivity index (χ4v) is 2.31. The second-order valence-corrected chi connectivity index (χ2v) is 6.67. The van der Waals surface area contributed by atoms with Gasteiger partial charge in [0.1, 0.15) is 17.5 Å². The molecule has 118 valence electrons. The minimum atomic E-state index is -1.11. The first kappa shape index (κ1) is 18.1. The molecule has 0 aliphatic rings. The molecule has 0 fully saturated rings. The molecule has 0 aliphatic carbocycles. The van der Waals surface area contributed by atoms with E-state index < -0.39 is 29.2 Å². The number of esters is 1. The average molecular weight is 413 g/mol. The number of hydrogen-bond acceptors (Lipinski definition) is 4. The van der Waals surface area contributed by atoms with Crippen LogP contribution in [0.4, 0.5) is 8.78 Å². The molecule has 1 rings (SSSR count). The Kier molecular flexibility index (Phi) is 5.92. The Bertz CT molecular complexity index is 544. The van der Waals surface area contributed by atoms with Crippen molar-refractivity contribution < 1.29 is 23.0 Å². The summed E-state index contributed by atoms with van der Waals surface area (Å²) in [4.78, 5) is 11.8. The molecule has 0 saturated carbocycles. The molecule has 2 N–H and O–H groups in total. The van der Waals surface area contributed by atoms with Gasteiger partial charge in [0.05, 0.1) is 10.7 Å². The third kappa shape index (κ3) is 4.77. The molecular formula is C14H18F2INO3. The number of ether oxygens (including phenoxy) is 2. The largest absolute Gasteiger partial charge is 0.493 e. The topological polar surface area (TPSA) is 61.5 Å². The van der Waals surface area contributed by atoms with Crippen molar-refractivity contribution in [3.8, 4) is 5.75 Å². The summed E-state index contributed by atoms with van der Waals surface area (Å²) in [6.07, 6.45) is -0.211. The molecule has 1 aromatic rings. The summed E-state index contributed by atoms with van der Waals surface area (Å²) in [5.74, 6) is -2.27. The zero-order chi connectivity index (χ0) is 16.4. The van der Waals surface area contributed by atoms with Gasteiger partial charge in [-0.2, -0.15) is 0 Å². The van der Waals surface area contributed by atoms with Crippen LogP contribution in [0.2, 0.25) is 0 Å². The smallest absolute Gasteiger partial charge is 0.323 e. The summed E-state index contributed by atoms with van der Waals surface area (Å²) in [6.45, 7) is 5.09. The zero-order valence-electron chi connectivity index (χ0n) is 12.3. The molecule has 0 spiro atoms. The Labute approximate surface area is 136 Å². The van der Waals surface area contributed by atoms with Crippen molar-refractivity contribution in [3.63, 3.8) is 0 Å². The minimum Gasteiger partial charge on any atom is -0.493 e. The average Bonchev–Trinajstić information content (AvgIpc) is 2.33. The molecule has 4 nitrogen and oxygen atoms in total. The summed E-state index contributed by atoms with van der Waals surface area (Å²) in [7, 11) is 1.23. The van der Waals surface area contributed by atoms with Crippen molar-refractivity contribution in [2.24, 2.45) is 5.73 Å². The van der Waals surface area contributed by atoms with Crippen molar-refractivity contribution >= 4 is 28.6 Å². The van der Waals surface area contributed by atoms with E-state index in [1.165, 1.54) is 7.11 Å². The molecule has 0 unspecified atom stereocenters. The Hall–Kier alpha value is -0.960. The normalized spacial score (nSPS) is 13.0. The van der Waals surface area contributed by atoms with E-state index in [1.807, 2.05) is 0 Å². The van der Waals surface area contributed by atoms with Gasteiger partial charge in [0.25, 0.3) is 0 Å². The predicted molar refractivity (Wildman–Crippen MR) is 83.2 cm³/mol. The van der Waals surface area contributed by atoms with Gasteiger partial charge in [-0.25, -0.2) is 8.78 Å². The first-order chi connectivity index (χ1) is 9.56. The van der Waals surface area contributed by atoms with Gasteiger partial charge >= 0.3 is 5.97 Å². The highest BCUT2D eigenvalue weighted by molar-refractivity contribution is 14.1. The molecule has 0 aliphatic heterocycles. The highest BCUT2D eigenvalue weighted by Crippen LogP contribution is 2.30. The summed E-state index contributed by atoms with van der Waals surface area (Å²) in [5.41, 5.74) is 4.96. The van der Waals surface area contributed by atoms with Crippen molar-refractivity contribution in [1.82, 2.24) is 0 Å². The van der Waals surface area contributed by atoms with Crippen LogP contribution >= 0.6 is 22.6 Å². The van der Waals surface area contributed by atoms with Crippen LogP contribution in [0, 0.1) is 15.2 Å². The second kappa shape index (κ2) is 6.87. The minimum absolute atomic E-state index is 0.0692. The third-order valence-electron chi connectivity index (χ3n) is 2.56. The monoisotopic (exact) mass is 413 g/mol. The Balaban J connectivity index is 3.05. The molecular weight excluding hydrogens is 395 g/mol. The fourth-order valence-electron chi connectivity index (χ4n) is 1.71. The van der Waals surface area contributed by atoms with E-state index in [1.54, 1.807) is 43.4 Å². The highest BCUT2D eigenvalue weighted by Gasteiger charge is 2.26. The summed E-state index contributed by atoms with van der Waals surface area (Å²) < 4.78 is 38.0. The lowest BCUT2D eigenvalue weighted by atomic mass is 10.0. The number of hydrogen-bond donors (Lipinski definition) is 1. The first-order valence-electron chi connectivity index (χ1n) is 6.25. The lowest BCUT2D eigenvalue weighted by molar-refractivity contribution is -0.156. The van der Waals surface area contributed by atoms with Gasteiger partial charge in [-0.15, -0.1) is 0 Å². The van der Waals surface area contributed by atoms with Crippen molar-refractivity contribution in [3.05, 3.63) is 26.8 Å². The summed E-state index contributed by atoms with van der Waals surface area (Å²) in [5, 5.41) is 0. The molecule has 0 amide bonds. The van der Waals surface area contributed by atoms with Gasteiger partial charge in [0.15, 0.2) is 11.6 Å². The van der Waals surface area contributed by atoms with Crippen molar-refractivity contribution in [1.29, 1.82) is 0 Å². The first-order valence-corrected chi connectivity index (χ1v) is 7.33. The molecule has 0 saturated heterocycles. The molecule has 0 bridgehead atoms. The maximum absolute atomic E-state index is 14.1. The maximum Gasteiger partial charge on any atom is 0.323 e. The fraction of sp³-hybridized carbons (Fsp3) is 0.500. The van der Waals surface area contributed by atoms with Gasteiger partial charge < -0.3 is 15.2 Å². The number of carbonyl (C=O) groups excluding carboxylic acids is 1. The van der Waals surface area contributed by atoms with E-state index in [-0.39, 0.29) is 21.3 Å². The van der Waals surface area contributed by atoms with Gasteiger partial charge in [-0.3, -0.25) is 4.79 Å². The van der Waals surface area contributed by atoms with Crippen molar-refractivity contribution in [2.75, 3.05) is 7.11 Å². The van der Waals surface area contributed by atoms with Gasteiger partial charge in [0.2, 0.25) is 0 Å². The molecule has 0 heterocycles. The highest BCUT2D eigenvalue weighted by atomic mass is 127. The van der Waals surface area contributed by atoms with Crippen LogP contribution in [0.25, 0.3) is 0 Å². The zero-order valence-corrected chi connectivity index (χ0v) is 14.5. The van der Waals surface area contributed by atoms with Crippen LogP contribution in [-0.2, 0) is 16.0 Å². The maximum atomic E-state index is 14.1. The third-order valence-corrected chi connectivity index (χ3v) is 3.34. The number of benzene rings is 1. The molecule has 1 aromatic carbocycles. The summed E-state index contributed by atoms with van der Waals surface area (Å²) >= 11 is 1.67. The van der Waals surface area contributed by atoms with Crippen LogP contribution in [0.3, 0.4) is 0 Å². The lowest BCUT2D eigenvalue weighted by Crippen LogP contribution is -2.39. The van der Waals surface area contributed by atoms with Gasteiger partial charge in [0, 0.05) is 12.0 Å². The quantitative estimate of drug-likeness (QED) is 0.469. The second-order valence-electron chi connectivity index (χ2n) is 5.51. The van der Waals surface area contributed by atoms with E-state index in [4.69, 9.17) is 15.2 Å². The van der Waals surface area contributed by atoms with Crippen LogP contribution in [0.15, 0.2) is 6.07 Å². The molecule has 0 aromatic heterocycles. The number of carbonyl (C=O) groups is 1. The summed E-state index contributed by atoms with van der Waals surface area (Å²) in [6, 6.07) is -0.0812. The van der Waals surface area contributed by atoms with Crippen molar-refractivity contribution in [2.45, 2.75) is 38.8 Å². The van der Waals surface area contributed by atoms with E-state index in [0.717, 1.165) is 6.07 Å². The number of nitrogens with two attached hydrogens (primary N) is 1. The molecule has 21 heavy (non-hydrogen) atoms. The molecule has 0 radical (unpaired) electrons. The Morgan fingerprint density at radius 2 is 2.00 bits per heavy atom. The standard InChI is InChI=1S/C14H18F2INO3/c1-14(2,3)21-13(19)10(18)5-7-11(16)9(17)6-8(15)12(7)20-4/h6,10H,5,18H2,1-4H3/t10-/m1/s1. The van der Waals surface area contributed by atoms with E-state index >= 15 is 0 Å². The Morgan fingerprint density at radius 3 is 2.48 bits per heavy atom.